The van der Waals surface area contributed by atoms with Crippen molar-refractivity contribution in [3.8, 4) is 11.5 Å². The van der Waals surface area contributed by atoms with Crippen LogP contribution in [0.2, 0.25) is 0 Å². The van der Waals surface area contributed by atoms with E-state index < -0.39 is 0 Å². The first-order chi connectivity index (χ1) is 15.2. The lowest BCUT2D eigenvalue weighted by molar-refractivity contribution is 0.188. The zero-order valence-corrected chi connectivity index (χ0v) is 20.5. The second-order valence-electron chi connectivity index (χ2n) is 10.6. The van der Waals surface area contributed by atoms with Crippen molar-refractivity contribution in [3.63, 3.8) is 0 Å². The maximum atomic E-state index is 6.03. The van der Waals surface area contributed by atoms with Gasteiger partial charge in [0.05, 0.1) is 13.2 Å². The molecule has 0 saturated heterocycles. The summed E-state index contributed by atoms with van der Waals surface area (Å²) in [5, 5.41) is 0. The first-order valence-corrected chi connectivity index (χ1v) is 13.6. The fraction of sp³-hybridized carbons (Fsp3) is 0.793. The summed E-state index contributed by atoms with van der Waals surface area (Å²) in [6.45, 7) is 6.39. The molecule has 2 fully saturated rings. The highest BCUT2D eigenvalue weighted by molar-refractivity contribution is 5.31. The number of rotatable bonds is 13. The van der Waals surface area contributed by atoms with E-state index in [9.17, 15) is 0 Å². The second kappa shape index (κ2) is 14.1. The summed E-state index contributed by atoms with van der Waals surface area (Å²) < 4.78 is 12.0. The van der Waals surface area contributed by atoms with Crippen molar-refractivity contribution in [3.05, 3.63) is 24.3 Å². The zero-order chi connectivity index (χ0) is 21.7. The fourth-order valence-electron chi connectivity index (χ4n) is 5.57. The lowest BCUT2D eigenvalue weighted by Crippen LogP contribution is -2.18. The van der Waals surface area contributed by atoms with Crippen molar-refractivity contribution in [2.75, 3.05) is 13.2 Å². The van der Waals surface area contributed by atoms with E-state index in [0.29, 0.717) is 0 Å². The summed E-state index contributed by atoms with van der Waals surface area (Å²) in [4.78, 5) is 0. The number of benzene rings is 1. The predicted octanol–water partition coefficient (Wildman–Crippen LogP) is 8.83. The van der Waals surface area contributed by atoms with E-state index in [1.807, 2.05) is 0 Å². The molecule has 0 radical (unpaired) electrons. The van der Waals surface area contributed by atoms with Crippen LogP contribution < -0.4 is 9.47 Å². The molecule has 1 aromatic carbocycles. The largest absolute Gasteiger partial charge is 0.494 e. The molecule has 2 aliphatic rings. The molecule has 176 valence electrons. The highest BCUT2D eigenvalue weighted by Crippen LogP contribution is 2.34. The first-order valence-electron chi connectivity index (χ1n) is 13.6. The van der Waals surface area contributed by atoms with Crippen LogP contribution in [0, 0.1) is 23.7 Å². The standard InChI is InChI=1S/C29H48O2/c1-3-4-5-6-8-25-14-16-26(17-15-25)9-7-22-30-28-18-20-29(21-19-28)31-23-27-12-10-24(2)11-13-27/h18-21,24-27H,3-17,22-23H2,1-2H3. The third kappa shape index (κ3) is 9.46. The van der Waals surface area contributed by atoms with Crippen LogP contribution >= 0.6 is 0 Å². The van der Waals surface area contributed by atoms with Crippen molar-refractivity contribution >= 4 is 0 Å². The number of hydrogen-bond acceptors (Lipinski definition) is 2. The van der Waals surface area contributed by atoms with Gasteiger partial charge in [-0.15, -0.1) is 0 Å². The Hall–Kier alpha value is -1.18. The molecule has 0 aromatic heterocycles. The fourth-order valence-corrected chi connectivity index (χ4v) is 5.57. The monoisotopic (exact) mass is 428 g/mol. The molecule has 0 N–H and O–H groups in total. The quantitative estimate of drug-likeness (QED) is 0.292. The Morgan fingerprint density at radius 1 is 0.645 bits per heavy atom. The van der Waals surface area contributed by atoms with Crippen LogP contribution in [0.3, 0.4) is 0 Å². The van der Waals surface area contributed by atoms with Gasteiger partial charge in [0.25, 0.3) is 0 Å². The van der Waals surface area contributed by atoms with E-state index >= 15 is 0 Å². The lowest BCUT2D eigenvalue weighted by Gasteiger charge is -2.28. The van der Waals surface area contributed by atoms with Crippen LogP contribution in [0.15, 0.2) is 24.3 Å². The van der Waals surface area contributed by atoms with E-state index in [-0.39, 0.29) is 0 Å². The molecular formula is C29H48O2. The number of hydrogen-bond donors (Lipinski definition) is 0. The van der Waals surface area contributed by atoms with Gasteiger partial charge < -0.3 is 9.47 Å². The topological polar surface area (TPSA) is 18.5 Å². The summed E-state index contributed by atoms with van der Waals surface area (Å²) in [6, 6.07) is 8.29. The molecule has 2 nitrogen and oxygen atoms in total. The summed E-state index contributed by atoms with van der Waals surface area (Å²) >= 11 is 0. The summed E-state index contributed by atoms with van der Waals surface area (Å²) in [6.07, 6.45) is 20.9. The number of ether oxygens (including phenoxy) is 2. The summed E-state index contributed by atoms with van der Waals surface area (Å²) in [7, 11) is 0. The van der Waals surface area contributed by atoms with Crippen LogP contribution in [-0.4, -0.2) is 13.2 Å². The summed E-state index contributed by atoms with van der Waals surface area (Å²) in [5.74, 6) is 5.57. The van der Waals surface area contributed by atoms with Gasteiger partial charge in [0.15, 0.2) is 0 Å². The second-order valence-corrected chi connectivity index (χ2v) is 10.6. The van der Waals surface area contributed by atoms with Gasteiger partial charge in [0.1, 0.15) is 11.5 Å². The molecule has 2 aliphatic carbocycles. The average molecular weight is 429 g/mol. The third-order valence-electron chi connectivity index (χ3n) is 7.90. The van der Waals surface area contributed by atoms with Crippen molar-refractivity contribution in [2.45, 2.75) is 110 Å². The lowest BCUT2D eigenvalue weighted by atomic mass is 9.78. The van der Waals surface area contributed by atoms with E-state index in [2.05, 4.69) is 38.1 Å². The Morgan fingerprint density at radius 3 is 1.81 bits per heavy atom. The van der Waals surface area contributed by atoms with Gasteiger partial charge in [-0.05, 0) is 73.6 Å². The van der Waals surface area contributed by atoms with Crippen LogP contribution in [0.4, 0.5) is 0 Å². The number of unbranched alkanes of at least 4 members (excludes halogenated alkanes) is 3. The van der Waals surface area contributed by atoms with E-state index in [4.69, 9.17) is 9.47 Å². The Labute approximate surface area is 192 Å². The first kappa shape index (κ1) is 24.5. The molecular weight excluding hydrogens is 380 g/mol. The molecule has 0 aliphatic heterocycles. The van der Waals surface area contributed by atoms with Gasteiger partial charge in [-0.1, -0.05) is 84.5 Å². The van der Waals surface area contributed by atoms with Gasteiger partial charge in [-0.3, -0.25) is 0 Å². The maximum absolute atomic E-state index is 6.03. The molecule has 2 saturated carbocycles. The highest BCUT2D eigenvalue weighted by Gasteiger charge is 2.21. The SMILES string of the molecule is CCCCCCC1CCC(CCCOc2ccc(OCC3CCC(C)CC3)cc2)CC1. The van der Waals surface area contributed by atoms with Crippen molar-refractivity contribution in [2.24, 2.45) is 23.7 Å². The van der Waals surface area contributed by atoms with Crippen molar-refractivity contribution in [1.82, 2.24) is 0 Å². The molecule has 1 aromatic rings. The Morgan fingerprint density at radius 2 is 1.19 bits per heavy atom. The Balaban J connectivity index is 1.22. The molecule has 31 heavy (non-hydrogen) atoms. The zero-order valence-electron chi connectivity index (χ0n) is 20.5. The van der Waals surface area contributed by atoms with Crippen LogP contribution in [0.25, 0.3) is 0 Å². The van der Waals surface area contributed by atoms with Crippen LogP contribution in [0.5, 0.6) is 11.5 Å². The molecule has 0 bridgehead atoms. The molecule has 0 heterocycles. The predicted molar refractivity (Wildman–Crippen MR) is 132 cm³/mol. The van der Waals surface area contributed by atoms with Gasteiger partial charge in [-0.25, -0.2) is 0 Å². The maximum Gasteiger partial charge on any atom is 0.119 e. The molecule has 3 rings (SSSR count). The Bertz CT molecular complexity index is 565. The highest BCUT2D eigenvalue weighted by atomic mass is 16.5. The molecule has 0 atom stereocenters. The summed E-state index contributed by atoms with van der Waals surface area (Å²) in [5.41, 5.74) is 0. The average Bonchev–Trinajstić information content (AvgIpc) is 2.81. The van der Waals surface area contributed by atoms with Crippen molar-refractivity contribution < 1.29 is 9.47 Å². The minimum atomic E-state index is 0.739. The van der Waals surface area contributed by atoms with Crippen LogP contribution in [0.1, 0.15) is 110 Å². The molecule has 0 spiro atoms. The molecule has 0 unspecified atom stereocenters. The van der Waals surface area contributed by atoms with Crippen LogP contribution in [-0.2, 0) is 0 Å². The van der Waals surface area contributed by atoms with E-state index in [1.54, 1.807) is 0 Å². The smallest absolute Gasteiger partial charge is 0.119 e. The van der Waals surface area contributed by atoms with E-state index in [0.717, 1.165) is 48.4 Å². The van der Waals surface area contributed by atoms with Gasteiger partial charge in [-0.2, -0.15) is 0 Å². The van der Waals surface area contributed by atoms with Gasteiger partial charge >= 0.3 is 0 Å². The minimum absolute atomic E-state index is 0.739. The molecule has 2 heteroatoms. The molecule has 0 amide bonds. The van der Waals surface area contributed by atoms with Gasteiger partial charge in [0.2, 0.25) is 0 Å². The van der Waals surface area contributed by atoms with E-state index in [1.165, 1.54) is 96.3 Å². The normalized spacial score (nSPS) is 26.5. The van der Waals surface area contributed by atoms with Crippen molar-refractivity contribution in [1.29, 1.82) is 0 Å². The third-order valence-corrected chi connectivity index (χ3v) is 7.90. The minimum Gasteiger partial charge on any atom is -0.494 e. The Kier molecular flexibility index (Phi) is 11.1. The van der Waals surface area contributed by atoms with Gasteiger partial charge in [0, 0.05) is 0 Å².